The summed E-state index contributed by atoms with van der Waals surface area (Å²) in [6.07, 6.45) is -0.227. The number of benzene rings is 1. The van der Waals surface area contributed by atoms with Crippen LogP contribution in [0.2, 0.25) is 5.02 Å². The first-order valence-electron chi connectivity index (χ1n) is 9.11. The van der Waals surface area contributed by atoms with E-state index in [2.05, 4.69) is 47.4 Å². The zero-order valence-corrected chi connectivity index (χ0v) is 19.7. The average Bonchev–Trinajstić information content (AvgIpc) is 2.71. The molecule has 12 heteroatoms. The van der Waals surface area contributed by atoms with Crippen molar-refractivity contribution in [3.63, 3.8) is 0 Å². The van der Waals surface area contributed by atoms with Crippen molar-refractivity contribution in [2.75, 3.05) is 18.0 Å². The van der Waals surface area contributed by atoms with E-state index in [9.17, 15) is 23.1 Å². The van der Waals surface area contributed by atoms with Crippen molar-refractivity contribution in [3.05, 3.63) is 49.0 Å². The van der Waals surface area contributed by atoms with Crippen LogP contribution in [0.25, 0.3) is 0 Å². The van der Waals surface area contributed by atoms with E-state index in [0.717, 1.165) is 19.3 Å². The Hall–Kier alpha value is -1.85. The van der Waals surface area contributed by atoms with Crippen molar-refractivity contribution in [1.29, 1.82) is 0 Å². The Morgan fingerprint density at radius 1 is 1.23 bits per heavy atom. The number of piperidine rings is 1. The zero-order chi connectivity index (χ0) is 22.8. The Balaban J connectivity index is 1.91. The largest absolute Gasteiger partial charge is 0.506 e. The van der Waals surface area contributed by atoms with Crippen LogP contribution in [0.5, 0.6) is 5.75 Å². The lowest BCUT2D eigenvalue weighted by atomic mass is 10.1. The number of aromatic nitrogens is 1. The number of anilines is 1. The van der Waals surface area contributed by atoms with Crippen LogP contribution in [-0.4, -0.2) is 35.3 Å². The molecule has 0 atom stereocenters. The first-order valence-corrected chi connectivity index (χ1v) is 11.1. The van der Waals surface area contributed by atoms with Gasteiger partial charge in [-0.1, -0.05) is 11.6 Å². The number of hydrogen-bond donors (Lipinski definition) is 2. The van der Waals surface area contributed by atoms with E-state index < -0.39 is 23.2 Å². The van der Waals surface area contributed by atoms with Crippen LogP contribution in [0.15, 0.2) is 32.4 Å². The summed E-state index contributed by atoms with van der Waals surface area (Å²) in [6.45, 7) is 1.20. The van der Waals surface area contributed by atoms with E-state index in [-0.39, 0.29) is 16.6 Å². The number of alkyl halides is 3. The standard InChI is InChI=1S/C19H16Br2ClF3N4O2/c20-12-6-10(7-13(21)16(12)30)8-27-28-18(31)14-11(19(23,24)25)9-26-17(15(14)22)29-4-2-1-3-5-29/h6-9,30H,1-5H2,(H,28,31). The Kier molecular flexibility index (Phi) is 7.48. The molecule has 1 fully saturated rings. The highest BCUT2D eigenvalue weighted by Gasteiger charge is 2.38. The summed E-state index contributed by atoms with van der Waals surface area (Å²) in [5.41, 5.74) is 0.604. The van der Waals surface area contributed by atoms with Gasteiger partial charge in [-0.2, -0.15) is 18.3 Å². The molecule has 1 aromatic carbocycles. The molecule has 0 unspecified atom stereocenters. The minimum absolute atomic E-state index is 0.0233. The van der Waals surface area contributed by atoms with Crippen LogP contribution in [0, 0.1) is 0 Å². The van der Waals surface area contributed by atoms with Crippen LogP contribution >= 0.6 is 43.5 Å². The lowest BCUT2D eigenvalue weighted by Crippen LogP contribution is -2.32. The molecule has 3 rings (SSSR count). The smallest absolute Gasteiger partial charge is 0.418 e. The number of rotatable bonds is 4. The molecule has 1 saturated heterocycles. The molecule has 0 saturated carbocycles. The maximum absolute atomic E-state index is 13.5. The number of carbonyl (C=O) groups is 1. The molecule has 166 valence electrons. The lowest BCUT2D eigenvalue weighted by molar-refractivity contribution is -0.138. The average molecular weight is 585 g/mol. The van der Waals surface area contributed by atoms with Crippen LogP contribution in [0.4, 0.5) is 19.0 Å². The van der Waals surface area contributed by atoms with Crippen molar-refractivity contribution in [2.24, 2.45) is 5.10 Å². The second kappa shape index (κ2) is 9.74. The Labute approximate surface area is 197 Å². The highest BCUT2D eigenvalue weighted by molar-refractivity contribution is 9.11. The van der Waals surface area contributed by atoms with Gasteiger partial charge in [0.1, 0.15) is 11.6 Å². The van der Waals surface area contributed by atoms with Gasteiger partial charge in [0.25, 0.3) is 5.91 Å². The first kappa shape index (κ1) is 23.8. The van der Waals surface area contributed by atoms with E-state index in [0.29, 0.717) is 33.8 Å². The third-order valence-corrected chi connectivity index (χ3v) is 6.18. The van der Waals surface area contributed by atoms with Crippen LogP contribution in [-0.2, 0) is 6.18 Å². The van der Waals surface area contributed by atoms with Crippen LogP contribution < -0.4 is 10.3 Å². The molecule has 0 radical (unpaired) electrons. The quantitative estimate of drug-likeness (QED) is 0.355. The number of carbonyl (C=O) groups excluding carboxylic acids is 1. The Bertz CT molecular complexity index is 1000. The summed E-state index contributed by atoms with van der Waals surface area (Å²) in [4.78, 5) is 18.3. The number of halogens is 6. The van der Waals surface area contributed by atoms with E-state index in [4.69, 9.17) is 11.6 Å². The molecule has 1 aromatic heterocycles. The van der Waals surface area contributed by atoms with Gasteiger partial charge in [-0.05, 0) is 68.8 Å². The van der Waals surface area contributed by atoms with E-state index in [1.54, 1.807) is 4.90 Å². The minimum Gasteiger partial charge on any atom is -0.506 e. The summed E-state index contributed by atoms with van der Waals surface area (Å²) in [6, 6.07) is 3.04. The highest BCUT2D eigenvalue weighted by atomic mass is 79.9. The fraction of sp³-hybridized carbons (Fsp3) is 0.316. The summed E-state index contributed by atoms with van der Waals surface area (Å²) < 4.78 is 41.3. The molecule has 0 spiro atoms. The molecule has 0 bridgehead atoms. The number of phenols is 1. The van der Waals surface area contributed by atoms with Gasteiger partial charge in [0.05, 0.1) is 31.3 Å². The predicted octanol–water partition coefficient (Wildman–Crippen LogP) is 5.74. The van der Waals surface area contributed by atoms with Crippen molar-refractivity contribution >= 4 is 61.4 Å². The minimum atomic E-state index is -4.82. The summed E-state index contributed by atoms with van der Waals surface area (Å²) in [5.74, 6) is -0.981. The number of hydrogen-bond acceptors (Lipinski definition) is 5. The fourth-order valence-corrected chi connectivity index (χ4v) is 4.70. The number of aromatic hydroxyl groups is 1. The number of hydrazone groups is 1. The maximum Gasteiger partial charge on any atom is 0.418 e. The van der Waals surface area contributed by atoms with Gasteiger partial charge < -0.3 is 10.0 Å². The SMILES string of the molecule is O=C(NN=Cc1cc(Br)c(O)c(Br)c1)c1c(C(F)(F)F)cnc(N2CCCCC2)c1Cl. The monoisotopic (exact) mass is 582 g/mol. The summed E-state index contributed by atoms with van der Waals surface area (Å²) >= 11 is 12.6. The van der Waals surface area contributed by atoms with Gasteiger partial charge in [0.15, 0.2) is 0 Å². The van der Waals surface area contributed by atoms with E-state index in [1.807, 2.05) is 0 Å². The number of amides is 1. The molecule has 0 aliphatic carbocycles. The second-order valence-electron chi connectivity index (χ2n) is 6.76. The third-order valence-electron chi connectivity index (χ3n) is 4.61. The van der Waals surface area contributed by atoms with Gasteiger partial charge in [-0.3, -0.25) is 4.79 Å². The zero-order valence-electron chi connectivity index (χ0n) is 15.8. The van der Waals surface area contributed by atoms with E-state index in [1.165, 1.54) is 18.3 Å². The Morgan fingerprint density at radius 2 is 1.84 bits per heavy atom. The molecule has 2 aromatic rings. The predicted molar refractivity (Wildman–Crippen MR) is 119 cm³/mol. The number of phenolic OH excluding ortho intramolecular Hbond substituents is 1. The maximum atomic E-state index is 13.5. The van der Waals surface area contributed by atoms with Crippen molar-refractivity contribution in [2.45, 2.75) is 25.4 Å². The van der Waals surface area contributed by atoms with Gasteiger partial charge in [0.2, 0.25) is 0 Å². The van der Waals surface area contributed by atoms with Crippen molar-refractivity contribution < 1.29 is 23.1 Å². The van der Waals surface area contributed by atoms with Crippen LogP contribution in [0.3, 0.4) is 0 Å². The molecule has 1 amide bonds. The van der Waals surface area contributed by atoms with Crippen LogP contribution in [0.1, 0.15) is 40.7 Å². The van der Waals surface area contributed by atoms with Gasteiger partial charge >= 0.3 is 6.18 Å². The molecule has 6 nitrogen and oxygen atoms in total. The molecule has 1 aliphatic rings. The molecule has 31 heavy (non-hydrogen) atoms. The van der Waals surface area contributed by atoms with Crippen molar-refractivity contribution in [1.82, 2.24) is 10.4 Å². The number of pyridine rings is 1. The van der Waals surface area contributed by atoms with Gasteiger partial charge in [0, 0.05) is 19.3 Å². The fourth-order valence-electron chi connectivity index (χ4n) is 3.12. The molecule has 1 aliphatic heterocycles. The normalized spacial score (nSPS) is 14.8. The molecule has 2 N–H and O–H groups in total. The summed E-state index contributed by atoms with van der Waals surface area (Å²) in [5, 5.41) is 13.1. The number of nitrogens with zero attached hydrogens (tertiary/aromatic N) is 3. The molecular weight excluding hydrogens is 568 g/mol. The highest BCUT2D eigenvalue weighted by Crippen LogP contribution is 2.38. The summed E-state index contributed by atoms with van der Waals surface area (Å²) in [7, 11) is 0. The topological polar surface area (TPSA) is 77.8 Å². The Morgan fingerprint density at radius 3 is 2.42 bits per heavy atom. The first-order chi connectivity index (χ1) is 14.6. The second-order valence-corrected chi connectivity index (χ2v) is 8.85. The van der Waals surface area contributed by atoms with Gasteiger partial charge in [-0.15, -0.1) is 0 Å². The third kappa shape index (κ3) is 5.50. The van der Waals surface area contributed by atoms with E-state index >= 15 is 0 Å². The van der Waals surface area contributed by atoms with Crippen molar-refractivity contribution in [3.8, 4) is 5.75 Å². The number of nitrogens with one attached hydrogen (secondary N) is 1. The molecular formula is C19H16Br2ClF3N4O2. The lowest BCUT2D eigenvalue weighted by Gasteiger charge is -2.29. The molecule has 2 heterocycles. The van der Waals surface area contributed by atoms with Gasteiger partial charge in [-0.25, -0.2) is 10.4 Å².